The first-order chi connectivity index (χ1) is 12.5. The summed E-state index contributed by atoms with van der Waals surface area (Å²) in [4.78, 5) is 40.5. The number of carbonyl (C=O) groups excluding carboxylic acids is 1. The van der Waals surface area contributed by atoms with Crippen LogP contribution in [0.25, 0.3) is 10.2 Å². The molecule has 1 N–H and O–H groups in total. The first-order valence-electron chi connectivity index (χ1n) is 8.05. The van der Waals surface area contributed by atoms with Gasteiger partial charge in [-0.2, -0.15) is 0 Å². The molecule has 1 amide bonds. The molecule has 1 aliphatic heterocycles. The second-order valence-electron chi connectivity index (χ2n) is 6.06. The molecule has 4 rings (SSSR count). The average Bonchev–Trinajstić information content (AvgIpc) is 3.14. The molecule has 26 heavy (non-hydrogen) atoms. The topological polar surface area (TPSA) is 101 Å². The van der Waals surface area contributed by atoms with Gasteiger partial charge in [-0.1, -0.05) is 16.8 Å². The second kappa shape index (κ2) is 6.65. The summed E-state index contributed by atoms with van der Waals surface area (Å²) in [6.07, 6.45) is 2.58. The summed E-state index contributed by atoms with van der Waals surface area (Å²) in [6, 6.07) is 3.05. The number of nitrogens with zero attached hydrogens (tertiary/aromatic N) is 4. The summed E-state index contributed by atoms with van der Waals surface area (Å²) in [5.41, 5.74) is 0.384. The first-order valence-corrected chi connectivity index (χ1v) is 9.30. The highest BCUT2D eigenvalue weighted by Crippen LogP contribution is 2.23. The molecule has 3 aromatic heterocycles. The molecule has 0 bridgehead atoms. The molecule has 0 radical (unpaired) electrons. The molecule has 10 heteroatoms. The maximum Gasteiger partial charge on any atom is 0.287 e. The van der Waals surface area contributed by atoms with Crippen molar-refractivity contribution in [2.75, 3.05) is 13.1 Å². The molecule has 0 aliphatic carbocycles. The van der Waals surface area contributed by atoms with Crippen LogP contribution in [-0.4, -0.2) is 43.9 Å². The van der Waals surface area contributed by atoms with Gasteiger partial charge in [-0.15, -0.1) is 16.4 Å². The summed E-state index contributed by atoms with van der Waals surface area (Å²) in [6.45, 7) is 0.966. The molecule has 1 fully saturated rings. The maximum absolute atomic E-state index is 12.6. The van der Waals surface area contributed by atoms with Crippen molar-refractivity contribution in [3.8, 4) is 0 Å². The molecule has 3 aromatic rings. The highest BCUT2D eigenvalue weighted by molar-refractivity contribution is 7.17. The number of aromatic amines is 1. The van der Waals surface area contributed by atoms with Crippen LogP contribution in [0.2, 0.25) is 5.02 Å². The van der Waals surface area contributed by atoms with Crippen molar-refractivity contribution < 1.29 is 4.79 Å². The molecule has 0 spiro atoms. The largest absolute Gasteiger partial charge is 0.338 e. The molecular formula is C16H14ClN5O3S. The maximum atomic E-state index is 12.6. The quantitative estimate of drug-likeness (QED) is 0.716. The molecular weight excluding hydrogens is 378 g/mol. The Kier molecular flexibility index (Phi) is 4.33. The Morgan fingerprint density at radius 2 is 2.08 bits per heavy atom. The van der Waals surface area contributed by atoms with Crippen LogP contribution in [0.5, 0.6) is 0 Å². The fourth-order valence-electron chi connectivity index (χ4n) is 3.10. The van der Waals surface area contributed by atoms with Crippen LogP contribution in [0.3, 0.4) is 0 Å². The van der Waals surface area contributed by atoms with Crippen LogP contribution >= 0.6 is 22.9 Å². The number of hydrogen-bond donors (Lipinski definition) is 1. The van der Waals surface area contributed by atoms with E-state index in [0.717, 1.165) is 0 Å². The summed E-state index contributed by atoms with van der Waals surface area (Å²) >= 11 is 7.14. The standard InChI is InChI=1S/C16H14ClN5O3S/c17-11-7-9(8-18-14(11)23)15(24)21-4-1-10(2-5-21)22-16(25)13-12(19-20-22)3-6-26-13/h3,6-8,10H,1-2,4-5H2,(H,18,23). The van der Waals surface area contributed by atoms with Gasteiger partial charge in [-0.3, -0.25) is 14.4 Å². The van der Waals surface area contributed by atoms with Gasteiger partial charge < -0.3 is 9.88 Å². The molecule has 0 unspecified atom stereocenters. The fourth-order valence-corrected chi connectivity index (χ4v) is 4.03. The lowest BCUT2D eigenvalue weighted by molar-refractivity contribution is 0.0686. The van der Waals surface area contributed by atoms with Gasteiger partial charge in [-0.05, 0) is 30.4 Å². The van der Waals surface area contributed by atoms with Crippen LogP contribution in [-0.2, 0) is 0 Å². The van der Waals surface area contributed by atoms with Crippen molar-refractivity contribution in [3.05, 3.63) is 55.0 Å². The smallest absolute Gasteiger partial charge is 0.287 e. The minimum absolute atomic E-state index is 0.0168. The van der Waals surface area contributed by atoms with E-state index in [-0.39, 0.29) is 22.5 Å². The third-order valence-corrected chi connectivity index (χ3v) is 5.67. The number of piperidine rings is 1. The number of carbonyl (C=O) groups is 1. The Morgan fingerprint density at radius 1 is 1.31 bits per heavy atom. The van der Waals surface area contributed by atoms with Gasteiger partial charge in [-0.25, -0.2) is 4.68 Å². The van der Waals surface area contributed by atoms with Crippen LogP contribution < -0.4 is 11.1 Å². The third-order valence-electron chi connectivity index (χ3n) is 4.50. The molecule has 0 aromatic carbocycles. The number of pyridine rings is 1. The van der Waals surface area contributed by atoms with Gasteiger partial charge in [0.05, 0.1) is 11.6 Å². The van der Waals surface area contributed by atoms with Gasteiger partial charge in [0.25, 0.3) is 17.0 Å². The number of amides is 1. The van der Waals surface area contributed by atoms with E-state index in [1.807, 2.05) is 5.38 Å². The van der Waals surface area contributed by atoms with Crippen molar-refractivity contribution in [1.82, 2.24) is 24.9 Å². The zero-order valence-corrected chi connectivity index (χ0v) is 15.1. The number of fused-ring (bicyclic) bond motifs is 1. The fraction of sp³-hybridized carbons (Fsp3) is 0.312. The first kappa shape index (κ1) is 16.9. The molecule has 1 aliphatic rings. The average molecular weight is 392 g/mol. The number of nitrogens with one attached hydrogen (secondary N) is 1. The van der Waals surface area contributed by atoms with E-state index in [9.17, 15) is 14.4 Å². The van der Waals surface area contributed by atoms with Crippen LogP contribution in [0, 0.1) is 0 Å². The summed E-state index contributed by atoms with van der Waals surface area (Å²) in [5, 5.41) is 9.95. The number of thiophene rings is 1. The lowest BCUT2D eigenvalue weighted by atomic mass is 10.0. The van der Waals surface area contributed by atoms with Crippen molar-refractivity contribution in [2.45, 2.75) is 18.9 Å². The van der Waals surface area contributed by atoms with Crippen LogP contribution in [0.4, 0.5) is 0 Å². The van der Waals surface area contributed by atoms with Crippen molar-refractivity contribution in [2.24, 2.45) is 0 Å². The lowest BCUT2D eigenvalue weighted by Gasteiger charge is -2.32. The van der Waals surface area contributed by atoms with Gasteiger partial charge in [0.1, 0.15) is 15.2 Å². The normalized spacial score (nSPS) is 15.5. The number of aromatic nitrogens is 4. The monoisotopic (exact) mass is 391 g/mol. The zero-order chi connectivity index (χ0) is 18.3. The highest BCUT2D eigenvalue weighted by Gasteiger charge is 2.27. The molecule has 1 saturated heterocycles. The van der Waals surface area contributed by atoms with E-state index in [4.69, 9.17) is 11.6 Å². The molecule has 8 nitrogen and oxygen atoms in total. The predicted molar refractivity (Wildman–Crippen MR) is 97.9 cm³/mol. The lowest BCUT2D eigenvalue weighted by Crippen LogP contribution is -2.41. The van der Waals surface area contributed by atoms with Crippen molar-refractivity contribution >= 4 is 39.1 Å². The number of H-pyrrole nitrogens is 1. The molecule has 0 saturated carbocycles. The Labute approximate surface area is 156 Å². The minimum atomic E-state index is -0.427. The number of hydrogen-bond acceptors (Lipinski definition) is 6. The van der Waals surface area contributed by atoms with E-state index in [1.165, 1.54) is 28.3 Å². The van der Waals surface area contributed by atoms with E-state index in [2.05, 4.69) is 15.3 Å². The Hall–Kier alpha value is -2.52. The zero-order valence-electron chi connectivity index (χ0n) is 13.5. The SMILES string of the molecule is O=C(c1c[nH]c(=O)c(Cl)c1)N1CCC(n2nnc3ccsc3c2=O)CC1. The Balaban J connectivity index is 1.50. The van der Waals surface area contributed by atoms with Crippen molar-refractivity contribution in [1.29, 1.82) is 0 Å². The molecule has 134 valence electrons. The van der Waals surface area contributed by atoms with Crippen LogP contribution in [0.1, 0.15) is 29.2 Å². The Bertz CT molecular complexity index is 1100. The van der Waals surface area contributed by atoms with Gasteiger partial charge in [0.15, 0.2) is 0 Å². The highest BCUT2D eigenvalue weighted by atomic mass is 35.5. The van der Waals surface area contributed by atoms with Crippen molar-refractivity contribution in [3.63, 3.8) is 0 Å². The number of likely N-dealkylation sites (tertiary alicyclic amines) is 1. The third kappa shape index (κ3) is 2.93. The molecule has 0 atom stereocenters. The van der Waals surface area contributed by atoms with Gasteiger partial charge in [0, 0.05) is 19.3 Å². The Morgan fingerprint density at radius 3 is 2.81 bits per heavy atom. The van der Waals surface area contributed by atoms with E-state index >= 15 is 0 Å². The summed E-state index contributed by atoms with van der Waals surface area (Å²) < 4.78 is 2.03. The summed E-state index contributed by atoms with van der Waals surface area (Å²) in [7, 11) is 0. The summed E-state index contributed by atoms with van der Waals surface area (Å²) in [5.74, 6) is -0.200. The molecule has 4 heterocycles. The number of rotatable bonds is 2. The minimum Gasteiger partial charge on any atom is -0.338 e. The van der Waals surface area contributed by atoms with E-state index in [1.54, 1.807) is 11.0 Å². The number of halogens is 1. The van der Waals surface area contributed by atoms with Crippen LogP contribution in [0.15, 0.2) is 33.3 Å². The second-order valence-corrected chi connectivity index (χ2v) is 7.39. The van der Waals surface area contributed by atoms with Gasteiger partial charge in [0.2, 0.25) is 0 Å². The van der Waals surface area contributed by atoms with Gasteiger partial charge >= 0.3 is 0 Å². The van der Waals surface area contributed by atoms with E-state index in [0.29, 0.717) is 41.7 Å². The van der Waals surface area contributed by atoms with E-state index < -0.39 is 5.56 Å². The predicted octanol–water partition coefficient (Wildman–Crippen LogP) is 1.67.